The maximum atomic E-state index is 12.3. The highest BCUT2D eigenvalue weighted by molar-refractivity contribution is 6.30. The number of aromatic nitrogens is 1. The number of carbonyl (C=O) groups is 1. The molecule has 1 saturated heterocycles. The molecular weight excluding hydrogens is 338 g/mol. The molecule has 1 aliphatic heterocycles. The summed E-state index contributed by atoms with van der Waals surface area (Å²) in [5, 5.41) is 3.29. The van der Waals surface area contributed by atoms with Gasteiger partial charge >= 0.3 is 0 Å². The van der Waals surface area contributed by atoms with E-state index < -0.39 is 0 Å². The van der Waals surface area contributed by atoms with Crippen molar-refractivity contribution in [3.05, 3.63) is 58.7 Å². The number of halogens is 1. The molecule has 0 radical (unpaired) electrons. The standard InChI is InChI=1S/C19H22ClN3O2/c1-23(13-17-3-2-10-25-17)12-14-4-6-15(7-5-14)19(24)22-18-9-8-16(20)11-21-18/h4-9,11,17H,2-3,10,12-13H2,1H3,(H,21,22,24)/t17-/m1/s1. The molecule has 1 atom stereocenters. The number of rotatable bonds is 6. The third kappa shape index (κ3) is 5.26. The van der Waals surface area contributed by atoms with Crippen molar-refractivity contribution in [3.8, 4) is 0 Å². The Labute approximate surface area is 153 Å². The summed E-state index contributed by atoms with van der Waals surface area (Å²) >= 11 is 5.79. The van der Waals surface area contributed by atoms with Gasteiger partial charge in [0, 0.05) is 31.5 Å². The molecule has 1 fully saturated rings. The number of benzene rings is 1. The van der Waals surface area contributed by atoms with Crippen LogP contribution in [0.3, 0.4) is 0 Å². The number of pyridine rings is 1. The van der Waals surface area contributed by atoms with Crippen LogP contribution in [-0.2, 0) is 11.3 Å². The molecule has 2 aromatic rings. The topological polar surface area (TPSA) is 54.5 Å². The van der Waals surface area contributed by atoms with Gasteiger partial charge in [0.05, 0.1) is 11.1 Å². The molecule has 0 spiro atoms. The van der Waals surface area contributed by atoms with E-state index in [1.807, 2.05) is 24.3 Å². The van der Waals surface area contributed by atoms with Crippen molar-refractivity contribution in [1.82, 2.24) is 9.88 Å². The number of amides is 1. The minimum atomic E-state index is -0.186. The van der Waals surface area contributed by atoms with Crippen LogP contribution in [0, 0.1) is 0 Å². The number of ether oxygens (including phenoxy) is 1. The Morgan fingerprint density at radius 3 is 2.76 bits per heavy atom. The lowest BCUT2D eigenvalue weighted by molar-refractivity contribution is 0.0793. The summed E-state index contributed by atoms with van der Waals surface area (Å²) in [6.07, 6.45) is 4.15. The van der Waals surface area contributed by atoms with E-state index in [-0.39, 0.29) is 5.91 Å². The summed E-state index contributed by atoms with van der Waals surface area (Å²) in [6.45, 7) is 2.65. The van der Waals surface area contributed by atoms with Gasteiger partial charge in [0.25, 0.3) is 5.91 Å². The van der Waals surface area contributed by atoms with Gasteiger partial charge in [-0.3, -0.25) is 9.69 Å². The van der Waals surface area contributed by atoms with E-state index >= 15 is 0 Å². The Morgan fingerprint density at radius 1 is 1.32 bits per heavy atom. The number of likely N-dealkylation sites (N-methyl/N-ethyl adjacent to an activating group) is 1. The number of carbonyl (C=O) groups excluding carboxylic acids is 1. The summed E-state index contributed by atoms with van der Waals surface area (Å²) in [4.78, 5) is 18.6. The van der Waals surface area contributed by atoms with Crippen molar-refractivity contribution in [1.29, 1.82) is 0 Å². The summed E-state index contributed by atoms with van der Waals surface area (Å²) in [5.41, 5.74) is 1.77. The van der Waals surface area contributed by atoms with E-state index in [1.54, 1.807) is 12.1 Å². The van der Waals surface area contributed by atoms with E-state index in [0.29, 0.717) is 22.5 Å². The molecule has 3 rings (SSSR count). The molecule has 1 amide bonds. The minimum Gasteiger partial charge on any atom is -0.377 e. The molecule has 132 valence electrons. The zero-order valence-corrected chi connectivity index (χ0v) is 15.0. The van der Waals surface area contributed by atoms with Gasteiger partial charge in [0.1, 0.15) is 5.82 Å². The summed E-state index contributed by atoms with van der Waals surface area (Å²) in [7, 11) is 2.09. The Hall–Kier alpha value is -1.95. The molecule has 1 aliphatic rings. The zero-order chi connectivity index (χ0) is 17.6. The van der Waals surface area contributed by atoms with Crippen LogP contribution in [0.5, 0.6) is 0 Å². The van der Waals surface area contributed by atoms with Crippen LogP contribution in [0.1, 0.15) is 28.8 Å². The minimum absolute atomic E-state index is 0.186. The SMILES string of the molecule is CN(Cc1ccc(C(=O)Nc2ccc(Cl)cn2)cc1)C[C@H]1CCCO1. The number of nitrogens with zero attached hydrogens (tertiary/aromatic N) is 2. The Balaban J connectivity index is 1.53. The van der Waals surface area contributed by atoms with Gasteiger partial charge in [-0.25, -0.2) is 4.98 Å². The highest BCUT2D eigenvalue weighted by atomic mass is 35.5. The van der Waals surface area contributed by atoms with E-state index in [1.165, 1.54) is 11.8 Å². The number of hydrogen-bond acceptors (Lipinski definition) is 4. The van der Waals surface area contributed by atoms with Gasteiger partial charge in [0.2, 0.25) is 0 Å². The fourth-order valence-electron chi connectivity index (χ4n) is 2.91. The molecule has 1 N–H and O–H groups in total. The van der Waals surface area contributed by atoms with Crippen molar-refractivity contribution in [2.75, 3.05) is 25.5 Å². The summed E-state index contributed by atoms with van der Waals surface area (Å²) < 4.78 is 5.67. The molecule has 1 aromatic heterocycles. The lowest BCUT2D eigenvalue weighted by Crippen LogP contribution is -2.28. The molecule has 0 saturated carbocycles. The second-order valence-electron chi connectivity index (χ2n) is 6.34. The molecule has 25 heavy (non-hydrogen) atoms. The molecule has 6 heteroatoms. The molecule has 1 aromatic carbocycles. The number of anilines is 1. The van der Waals surface area contributed by atoms with Crippen LogP contribution in [0.15, 0.2) is 42.6 Å². The average Bonchev–Trinajstić information content (AvgIpc) is 3.10. The Bertz CT molecular complexity index is 698. The van der Waals surface area contributed by atoms with Crippen molar-refractivity contribution < 1.29 is 9.53 Å². The predicted octanol–water partition coefficient (Wildman–Crippen LogP) is 3.60. The Kier molecular flexibility index (Phi) is 6.02. The fraction of sp³-hybridized carbons (Fsp3) is 0.368. The third-order valence-corrected chi connectivity index (χ3v) is 4.40. The van der Waals surface area contributed by atoms with Gasteiger partial charge in [-0.15, -0.1) is 0 Å². The first-order chi connectivity index (χ1) is 12.1. The fourth-order valence-corrected chi connectivity index (χ4v) is 3.02. The van der Waals surface area contributed by atoms with Crippen molar-refractivity contribution in [2.24, 2.45) is 0 Å². The smallest absolute Gasteiger partial charge is 0.256 e. The van der Waals surface area contributed by atoms with Gasteiger partial charge in [0.15, 0.2) is 0 Å². The van der Waals surface area contributed by atoms with Crippen LogP contribution in [0.2, 0.25) is 5.02 Å². The van der Waals surface area contributed by atoms with E-state index in [0.717, 1.165) is 32.5 Å². The lowest BCUT2D eigenvalue weighted by Gasteiger charge is -2.20. The van der Waals surface area contributed by atoms with Crippen LogP contribution in [0.4, 0.5) is 5.82 Å². The van der Waals surface area contributed by atoms with Crippen molar-refractivity contribution >= 4 is 23.3 Å². The quantitative estimate of drug-likeness (QED) is 0.856. The van der Waals surface area contributed by atoms with E-state index in [4.69, 9.17) is 16.3 Å². The van der Waals surface area contributed by atoms with Crippen LogP contribution in [-0.4, -0.2) is 42.1 Å². The molecule has 0 bridgehead atoms. The third-order valence-electron chi connectivity index (χ3n) is 4.18. The first kappa shape index (κ1) is 17.9. The first-order valence-corrected chi connectivity index (χ1v) is 8.80. The second-order valence-corrected chi connectivity index (χ2v) is 6.78. The maximum absolute atomic E-state index is 12.3. The first-order valence-electron chi connectivity index (χ1n) is 8.42. The normalized spacial score (nSPS) is 17.0. The van der Waals surface area contributed by atoms with Crippen LogP contribution < -0.4 is 5.32 Å². The average molecular weight is 360 g/mol. The molecule has 5 nitrogen and oxygen atoms in total. The van der Waals surface area contributed by atoms with Crippen LogP contribution in [0.25, 0.3) is 0 Å². The van der Waals surface area contributed by atoms with Gasteiger partial charge in [-0.2, -0.15) is 0 Å². The summed E-state index contributed by atoms with van der Waals surface area (Å²) in [6, 6.07) is 11.0. The lowest BCUT2D eigenvalue weighted by atomic mass is 10.1. The molecule has 2 heterocycles. The van der Waals surface area contributed by atoms with Gasteiger partial charge in [-0.1, -0.05) is 23.7 Å². The van der Waals surface area contributed by atoms with Gasteiger partial charge in [-0.05, 0) is 49.7 Å². The molecule has 0 aliphatic carbocycles. The Morgan fingerprint density at radius 2 is 2.12 bits per heavy atom. The number of nitrogens with one attached hydrogen (secondary N) is 1. The maximum Gasteiger partial charge on any atom is 0.256 e. The highest BCUT2D eigenvalue weighted by Gasteiger charge is 2.17. The molecule has 0 unspecified atom stereocenters. The van der Waals surface area contributed by atoms with E-state index in [9.17, 15) is 4.79 Å². The largest absolute Gasteiger partial charge is 0.377 e. The zero-order valence-electron chi connectivity index (χ0n) is 14.2. The number of hydrogen-bond donors (Lipinski definition) is 1. The van der Waals surface area contributed by atoms with Gasteiger partial charge < -0.3 is 10.1 Å². The summed E-state index contributed by atoms with van der Waals surface area (Å²) in [5.74, 6) is 0.295. The van der Waals surface area contributed by atoms with E-state index in [2.05, 4.69) is 22.2 Å². The predicted molar refractivity (Wildman–Crippen MR) is 99.0 cm³/mol. The second kappa shape index (κ2) is 8.43. The van der Waals surface area contributed by atoms with Crippen LogP contribution >= 0.6 is 11.6 Å². The highest BCUT2D eigenvalue weighted by Crippen LogP contribution is 2.15. The monoisotopic (exact) mass is 359 g/mol. The molecular formula is C19H22ClN3O2. The van der Waals surface area contributed by atoms with Crippen molar-refractivity contribution in [3.63, 3.8) is 0 Å². The van der Waals surface area contributed by atoms with Crippen molar-refractivity contribution in [2.45, 2.75) is 25.5 Å².